The molecular weight excluding hydrogens is 214 g/mol. The molecular formula is C13H19N3O. The Bertz CT molecular complexity index is 382. The minimum Gasteiger partial charge on any atom is -0.325 e. The van der Waals surface area contributed by atoms with E-state index < -0.39 is 0 Å². The zero-order valence-corrected chi connectivity index (χ0v) is 10.1. The van der Waals surface area contributed by atoms with Crippen LogP contribution in [0.3, 0.4) is 0 Å². The van der Waals surface area contributed by atoms with E-state index in [0.717, 1.165) is 25.2 Å². The first-order valence-electron chi connectivity index (χ1n) is 6.04. The molecule has 1 fully saturated rings. The highest BCUT2D eigenvalue weighted by atomic mass is 16.2. The van der Waals surface area contributed by atoms with E-state index in [1.165, 1.54) is 5.56 Å². The van der Waals surface area contributed by atoms with Crippen LogP contribution in [0, 0.1) is 0 Å². The second-order valence-corrected chi connectivity index (χ2v) is 4.55. The Balaban J connectivity index is 1.81. The number of likely N-dealkylation sites (tertiary alicyclic amines) is 1. The standard InChI is InChI=1S/C13H19N3O/c1-2-10-3-5-12(6-4-10)15-13(17)9-16-7-11(14)8-16/h3-6,11H,2,7-9,14H2,1H3,(H,15,17). The van der Waals surface area contributed by atoms with E-state index in [1.807, 2.05) is 29.2 Å². The number of hydrogen-bond acceptors (Lipinski definition) is 3. The fourth-order valence-electron chi connectivity index (χ4n) is 1.97. The van der Waals surface area contributed by atoms with Crippen molar-refractivity contribution in [3.63, 3.8) is 0 Å². The minimum absolute atomic E-state index is 0.0288. The Morgan fingerprint density at radius 2 is 2.06 bits per heavy atom. The van der Waals surface area contributed by atoms with Gasteiger partial charge in [-0.15, -0.1) is 0 Å². The van der Waals surface area contributed by atoms with E-state index in [-0.39, 0.29) is 11.9 Å². The van der Waals surface area contributed by atoms with Crippen LogP contribution in [0.4, 0.5) is 5.69 Å². The van der Waals surface area contributed by atoms with Gasteiger partial charge in [0.15, 0.2) is 0 Å². The highest BCUT2D eigenvalue weighted by molar-refractivity contribution is 5.92. The maximum Gasteiger partial charge on any atom is 0.238 e. The van der Waals surface area contributed by atoms with Gasteiger partial charge in [-0.25, -0.2) is 0 Å². The molecule has 1 aliphatic rings. The Kier molecular flexibility index (Phi) is 3.76. The lowest BCUT2D eigenvalue weighted by molar-refractivity contribution is -0.118. The molecule has 0 aromatic heterocycles. The summed E-state index contributed by atoms with van der Waals surface area (Å²) in [5.74, 6) is 0.0288. The number of rotatable bonds is 4. The van der Waals surface area contributed by atoms with Crippen molar-refractivity contribution in [1.29, 1.82) is 0 Å². The number of aryl methyl sites for hydroxylation is 1. The molecule has 4 nitrogen and oxygen atoms in total. The topological polar surface area (TPSA) is 58.4 Å². The molecule has 1 aromatic rings. The molecule has 0 radical (unpaired) electrons. The molecule has 1 amide bonds. The zero-order chi connectivity index (χ0) is 12.3. The van der Waals surface area contributed by atoms with E-state index >= 15 is 0 Å². The first-order chi connectivity index (χ1) is 8.17. The van der Waals surface area contributed by atoms with E-state index in [0.29, 0.717) is 6.54 Å². The maximum absolute atomic E-state index is 11.7. The number of nitrogens with zero attached hydrogens (tertiary/aromatic N) is 1. The number of benzene rings is 1. The molecule has 1 aromatic carbocycles. The summed E-state index contributed by atoms with van der Waals surface area (Å²) in [6.45, 7) is 4.19. The molecule has 2 rings (SSSR count). The van der Waals surface area contributed by atoms with Gasteiger partial charge in [0.2, 0.25) is 5.91 Å². The third-order valence-electron chi connectivity index (χ3n) is 3.00. The Morgan fingerprint density at radius 1 is 1.41 bits per heavy atom. The number of anilines is 1. The average Bonchev–Trinajstić information content (AvgIpc) is 2.28. The summed E-state index contributed by atoms with van der Waals surface area (Å²) < 4.78 is 0. The largest absolute Gasteiger partial charge is 0.325 e. The van der Waals surface area contributed by atoms with Gasteiger partial charge in [0.05, 0.1) is 6.54 Å². The summed E-state index contributed by atoms with van der Waals surface area (Å²) in [6.07, 6.45) is 1.01. The fourth-order valence-corrected chi connectivity index (χ4v) is 1.97. The summed E-state index contributed by atoms with van der Waals surface area (Å²) in [6, 6.07) is 8.20. The number of carbonyl (C=O) groups is 1. The van der Waals surface area contributed by atoms with Crippen molar-refractivity contribution in [2.24, 2.45) is 5.73 Å². The van der Waals surface area contributed by atoms with Crippen molar-refractivity contribution >= 4 is 11.6 Å². The number of nitrogens with two attached hydrogens (primary N) is 1. The van der Waals surface area contributed by atoms with Crippen LogP contribution in [0.2, 0.25) is 0 Å². The van der Waals surface area contributed by atoms with Crippen LogP contribution >= 0.6 is 0 Å². The van der Waals surface area contributed by atoms with Gasteiger partial charge in [0.1, 0.15) is 0 Å². The Labute approximate surface area is 102 Å². The molecule has 0 spiro atoms. The molecule has 0 atom stereocenters. The van der Waals surface area contributed by atoms with Crippen LogP contribution in [-0.4, -0.2) is 36.5 Å². The number of hydrogen-bond donors (Lipinski definition) is 2. The second-order valence-electron chi connectivity index (χ2n) is 4.55. The van der Waals surface area contributed by atoms with Crippen molar-refractivity contribution < 1.29 is 4.79 Å². The molecule has 0 saturated carbocycles. The fraction of sp³-hybridized carbons (Fsp3) is 0.462. The monoisotopic (exact) mass is 233 g/mol. The molecule has 1 saturated heterocycles. The molecule has 17 heavy (non-hydrogen) atoms. The van der Waals surface area contributed by atoms with Crippen molar-refractivity contribution in [2.45, 2.75) is 19.4 Å². The van der Waals surface area contributed by atoms with Crippen molar-refractivity contribution in [3.8, 4) is 0 Å². The third-order valence-corrected chi connectivity index (χ3v) is 3.00. The highest BCUT2D eigenvalue weighted by Gasteiger charge is 2.24. The van der Waals surface area contributed by atoms with Crippen LogP contribution in [0.15, 0.2) is 24.3 Å². The van der Waals surface area contributed by atoms with Crippen molar-refractivity contribution in [2.75, 3.05) is 25.0 Å². The normalized spacial score (nSPS) is 16.6. The van der Waals surface area contributed by atoms with Gasteiger partial charge in [0, 0.05) is 24.8 Å². The van der Waals surface area contributed by atoms with Gasteiger partial charge < -0.3 is 11.1 Å². The maximum atomic E-state index is 11.7. The van der Waals surface area contributed by atoms with Gasteiger partial charge in [-0.2, -0.15) is 0 Å². The van der Waals surface area contributed by atoms with E-state index in [1.54, 1.807) is 0 Å². The number of carbonyl (C=O) groups excluding carboxylic acids is 1. The first kappa shape index (κ1) is 12.1. The molecule has 0 unspecified atom stereocenters. The van der Waals surface area contributed by atoms with Crippen molar-refractivity contribution in [3.05, 3.63) is 29.8 Å². The minimum atomic E-state index is 0.0288. The highest BCUT2D eigenvalue weighted by Crippen LogP contribution is 2.10. The lowest BCUT2D eigenvalue weighted by Crippen LogP contribution is -2.57. The van der Waals surface area contributed by atoms with Crippen LogP contribution in [-0.2, 0) is 11.2 Å². The van der Waals surface area contributed by atoms with Gasteiger partial charge in [-0.05, 0) is 24.1 Å². The molecule has 0 bridgehead atoms. The van der Waals surface area contributed by atoms with E-state index in [4.69, 9.17) is 5.73 Å². The van der Waals surface area contributed by atoms with Crippen LogP contribution in [0.5, 0.6) is 0 Å². The summed E-state index contributed by atoms with van der Waals surface area (Å²) >= 11 is 0. The van der Waals surface area contributed by atoms with Gasteiger partial charge in [-0.1, -0.05) is 19.1 Å². The van der Waals surface area contributed by atoms with Crippen LogP contribution in [0.1, 0.15) is 12.5 Å². The molecule has 4 heteroatoms. The molecule has 1 aliphatic heterocycles. The lowest BCUT2D eigenvalue weighted by Gasteiger charge is -2.36. The Hall–Kier alpha value is -1.39. The number of nitrogens with one attached hydrogen (secondary N) is 1. The first-order valence-corrected chi connectivity index (χ1v) is 6.04. The SMILES string of the molecule is CCc1ccc(NC(=O)CN2CC(N)C2)cc1. The predicted octanol–water partition coefficient (Wildman–Crippen LogP) is 0.830. The third kappa shape index (κ3) is 3.28. The Morgan fingerprint density at radius 3 is 2.59 bits per heavy atom. The van der Waals surface area contributed by atoms with E-state index in [2.05, 4.69) is 12.2 Å². The smallest absolute Gasteiger partial charge is 0.238 e. The molecule has 1 heterocycles. The summed E-state index contributed by atoms with van der Waals surface area (Å²) in [5.41, 5.74) is 7.79. The van der Waals surface area contributed by atoms with E-state index in [9.17, 15) is 4.79 Å². The predicted molar refractivity (Wildman–Crippen MR) is 68.9 cm³/mol. The molecule has 3 N–H and O–H groups in total. The second kappa shape index (κ2) is 5.29. The zero-order valence-electron chi connectivity index (χ0n) is 10.1. The summed E-state index contributed by atoms with van der Waals surface area (Å²) in [4.78, 5) is 13.7. The van der Waals surface area contributed by atoms with Gasteiger partial charge >= 0.3 is 0 Å². The lowest BCUT2D eigenvalue weighted by atomic mass is 10.1. The summed E-state index contributed by atoms with van der Waals surface area (Å²) in [5, 5.41) is 2.89. The average molecular weight is 233 g/mol. The van der Waals surface area contributed by atoms with Gasteiger partial charge in [0.25, 0.3) is 0 Å². The summed E-state index contributed by atoms with van der Waals surface area (Å²) in [7, 11) is 0. The van der Waals surface area contributed by atoms with Crippen molar-refractivity contribution in [1.82, 2.24) is 4.90 Å². The van der Waals surface area contributed by atoms with Crippen LogP contribution in [0.25, 0.3) is 0 Å². The molecule has 92 valence electrons. The molecule has 0 aliphatic carbocycles. The quantitative estimate of drug-likeness (QED) is 0.810. The van der Waals surface area contributed by atoms with Gasteiger partial charge in [-0.3, -0.25) is 9.69 Å². The van der Waals surface area contributed by atoms with Crippen LogP contribution < -0.4 is 11.1 Å². The number of amides is 1.